The number of hydrogen-bond acceptors (Lipinski definition) is 3. The largest absolute Gasteiger partial charge is 0.497 e. The summed E-state index contributed by atoms with van der Waals surface area (Å²) >= 11 is 0. The molecule has 0 spiro atoms. The fourth-order valence-electron chi connectivity index (χ4n) is 2.30. The Balaban J connectivity index is 1.96. The van der Waals surface area contributed by atoms with Gasteiger partial charge >= 0.3 is 0 Å². The molecule has 2 aromatic rings. The second kappa shape index (κ2) is 8.15. The van der Waals surface area contributed by atoms with Crippen molar-refractivity contribution in [3.05, 3.63) is 54.1 Å². The van der Waals surface area contributed by atoms with Crippen LogP contribution in [0.2, 0.25) is 0 Å². The number of amides is 2. The van der Waals surface area contributed by atoms with Gasteiger partial charge in [0.1, 0.15) is 5.75 Å². The smallest absolute Gasteiger partial charge is 0.226 e. The van der Waals surface area contributed by atoms with Gasteiger partial charge in [-0.05, 0) is 43.3 Å². The molecule has 2 amide bonds. The molecule has 0 aliphatic carbocycles. The number of carbonyl (C=O) groups excluding carboxylic acids is 2. The van der Waals surface area contributed by atoms with Gasteiger partial charge in [0, 0.05) is 31.3 Å². The third kappa shape index (κ3) is 4.84. The van der Waals surface area contributed by atoms with Crippen LogP contribution in [0.15, 0.2) is 48.5 Å². The molecule has 1 N–H and O–H groups in total. The van der Waals surface area contributed by atoms with E-state index < -0.39 is 0 Å². The van der Waals surface area contributed by atoms with Crippen LogP contribution >= 0.6 is 0 Å². The molecule has 126 valence electrons. The normalized spacial score (nSPS) is 10.1. The quantitative estimate of drug-likeness (QED) is 0.885. The molecule has 0 saturated heterocycles. The van der Waals surface area contributed by atoms with E-state index in [-0.39, 0.29) is 18.2 Å². The van der Waals surface area contributed by atoms with Crippen molar-refractivity contribution in [2.24, 2.45) is 0 Å². The first-order valence-electron chi connectivity index (χ1n) is 7.78. The molecule has 5 heteroatoms. The molecule has 0 aliphatic rings. The third-order valence-electron chi connectivity index (χ3n) is 3.66. The van der Waals surface area contributed by atoms with Gasteiger partial charge < -0.3 is 15.0 Å². The number of ether oxygens (including phenoxy) is 1. The first-order chi connectivity index (χ1) is 11.5. The highest BCUT2D eigenvalue weighted by atomic mass is 16.5. The van der Waals surface area contributed by atoms with Crippen molar-refractivity contribution in [1.82, 2.24) is 0 Å². The van der Waals surface area contributed by atoms with Crippen molar-refractivity contribution >= 4 is 23.2 Å². The van der Waals surface area contributed by atoms with E-state index in [2.05, 4.69) is 5.32 Å². The molecule has 24 heavy (non-hydrogen) atoms. The van der Waals surface area contributed by atoms with Gasteiger partial charge in [-0.1, -0.05) is 17.7 Å². The Morgan fingerprint density at radius 2 is 1.67 bits per heavy atom. The van der Waals surface area contributed by atoms with Crippen molar-refractivity contribution in [3.8, 4) is 5.75 Å². The van der Waals surface area contributed by atoms with E-state index in [1.54, 1.807) is 36.3 Å². The molecular weight excluding hydrogens is 304 g/mol. The maximum Gasteiger partial charge on any atom is 0.226 e. The van der Waals surface area contributed by atoms with Gasteiger partial charge in [-0.15, -0.1) is 0 Å². The highest BCUT2D eigenvalue weighted by molar-refractivity contribution is 5.94. The van der Waals surface area contributed by atoms with Crippen LogP contribution in [0.5, 0.6) is 5.75 Å². The minimum Gasteiger partial charge on any atom is -0.497 e. The highest BCUT2D eigenvalue weighted by Crippen LogP contribution is 2.20. The number of carbonyl (C=O) groups is 2. The number of nitrogens with zero attached hydrogens (tertiary/aromatic N) is 1. The summed E-state index contributed by atoms with van der Waals surface area (Å²) in [4.78, 5) is 25.5. The number of nitrogens with one attached hydrogen (secondary N) is 1. The molecule has 5 nitrogen and oxygen atoms in total. The maximum absolute atomic E-state index is 12.1. The zero-order chi connectivity index (χ0) is 17.5. The first-order valence-corrected chi connectivity index (χ1v) is 7.78. The summed E-state index contributed by atoms with van der Waals surface area (Å²) in [5.41, 5.74) is 2.63. The third-order valence-corrected chi connectivity index (χ3v) is 3.66. The van der Waals surface area contributed by atoms with Gasteiger partial charge in [0.05, 0.1) is 7.11 Å². The summed E-state index contributed by atoms with van der Waals surface area (Å²) < 4.78 is 5.11. The molecule has 0 saturated carbocycles. The molecule has 0 bridgehead atoms. The van der Waals surface area contributed by atoms with Crippen molar-refractivity contribution in [2.75, 3.05) is 23.9 Å². The second-order valence-corrected chi connectivity index (χ2v) is 5.53. The van der Waals surface area contributed by atoms with Crippen molar-refractivity contribution in [1.29, 1.82) is 0 Å². The SMILES string of the molecule is COc1ccc(N(CCC(=O)Nc2ccc(C)cc2)C(C)=O)cc1. The van der Waals surface area contributed by atoms with Crippen LogP contribution in [0.3, 0.4) is 0 Å². The fraction of sp³-hybridized carbons (Fsp3) is 0.263. The fourth-order valence-corrected chi connectivity index (χ4v) is 2.30. The summed E-state index contributed by atoms with van der Waals surface area (Å²) in [7, 11) is 1.59. The lowest BCUT2D eigenvalue weighted by Crippen LogP contribution is -2.31. The van der Waals surface area contributed by atoms with E-state index in [1.165, 1.54) is 6.92 Å². The van der Waals surface area contributed by atoms with Gasteiger partial charge in [-0.2, -0.15) is 0 Å². The minimum absolute atomic E-state index is 0.108. The van der Waals surface area contributed by atoms with E-state index in [9.17, 15) is 9.59 Å². The molecule has 0 unspecified atom stereocenters. The predicted octanol–water partition coefficient (Wildman–Crippen LogP) is 3.39. The van der Waals surface area contributed by atoms with Crippen molar-refractivity contribution in [2.45, 2.75) is 20.3 Å². The standard InChI is InChI=1S/C19H22N2O3/c1-14-4-6-16(7-5-14)20-19(23)12-13-21(15(2)22)17-8-10-18(24-3)11-9-17/h4-11H,12-13H2,1-3H3,(H,20,23). The zero-order valence-electron chi connectivity index (χ0n) is 14.2. The molecule has 2 aromatic carbocycles. The lowest BCUT2D eigenvalue weighted by atomic mass is 10.2. The molecule has 0 aromatic heterocycles. The highest BCUT2D eigenvalue weighted by Gasteiger charge is 2.13. The average molecular weight is 326 g/mol. The average Bonchev–Trinajstić information content (AvgIpc) is 2.57. The second-order valence-electron chi connectivity index (χ2n) is 5.53. The Bertz CT molecular complexity index is 694. The van der Waals surface area contributed by atoms with Crippen LogP contribution in [0.1, 0.15) is 18.9 Å². The van der Waals surface area contributed by atoms with E-state index in [0.717, 1.165) is 22.7 Å². The topological polar surface area (TPSA) is 58.6 Å². The number of methoxy groups -OCH3 is 1. The lowest BCUT2D eigenvalue weighted by molar-refractivity contribution is -0.117. The Morgan fingerprint density at radius 1 is 1.04 bits per heavy atom. The number of rotatable bonds is 6. The zero-order valence-corrected chi connectivity index (χ0v) is 14.2. The monoisotopic (exact) mass is 326 g/mol. The molecule has 0 fully saturated rings. The first kappa shape index (κ1) is 17.5. The van der Waals surface area contributed by atoms with Crippen LogP contribution in [0.25, 0.3) is 0 Å². The van der Waals surface area contributed by atoms with Gasteiger partial charge in [-0.25, -0.2) is 0 Å². The number of hydrogen-bond donors (Lipinski definition) is 1. The summed E-state index contributed by atoms with van der Waals surface area (Å²) in [6.45, 7) is 3.80. The van der Waals surface area contributed by atoms with E-state index >= 15 is 0 Å². The molecule has 0 heterocycles. The molecule has 0 radical (unpaired) electrons. The van der Waals surface area contributed by atoms with Crippen LogP contribution in [0, 0.1) is 6.92 Å². The van der Waals surface area contributed by atoms with Gasteiger partial charge in [-0.3, -0.25) is 9.59 Å². The van der Waals surface area contributed by atoms with E-state index in [4.69, 9.17) is 4.74 Å². The molecular formula is C19H22N2O3. The summed E-state index contributed by atoms with van der Waals surface area (Å²) in [5, 5.41) is 2.84. The van der Waals surface area contributed by atoms with E-state index in [1.807, 2.05) is 31.2 Å². The Kier molecular flexibility index (Phi) is 5.95. The predicted molar refractivity (Wildman–Crippen MR) is 95.4 cm³/mol. The Morgan fingerprint density at radius 3 is 2.21 bits per heavy atom. The lowest BCUT2D eigenvalue weighted by Gasteiger charge is -2.21. The van der Waals surface area contributed by atoms with Crippen LogP contribution in [-0.4, -0.2) is 25.5 Å². The summed E-state index contributed by atoms with van der Waals surface area (Å²) in [6, 6.07) is 14.8. The van der Waals surface area contributed by atoms with Crippen molar-refractivity contribution < 1.29 is 14.3 Å². The van der Waals surface area contributed by atoms with Gasteiger partial charge in [0.2, 0.25) is 11.8 Å². The summed E-state index contributed by atoms with van der Waals surface area (Å²) in [6.07, 6.45) is 0.222. The Labute approximate surface area is 142 Å². The maximum atomic E-state index is 12.1. The number of benzene rings is 2. The van der Waals surface area contributed by atoms with Gasteiger partial charge in [0.15, 0.2) is 0 Å². The summed E-state index contributed by atoms with van der Waals surface area (Å²) in [5.74, 6) is 0.487. The molecule has 0 atom stereocenters. The van der Waals surface area contributed by atoms with Crippen LogP contribution in [0.4, 0.5) is 11.4 Å². The Hall–Kier alpha value is -2.82. The molecule has 2 rings (SSSR count). The number of aryl methyl sites for hydroxylation is 1. The van der Waals surface area contributed by atoms with Crippen LogP contribution < -0.4 is 15.0 Å². The molecule has 0 aliphatic heterocycles. The minimum atomic E-state index is -0.126. The van der Waals surface area contributed by atoms with Gasteiger partial charge in [0.25, 0.3) is 0 Å². The van der Waals surface area contributed by atoms with E-state index in [0.29, 0.717) is 6.54 Å². The van der Waals surface area contributed by atoms with Crippen LogP contribution in [-0.2, 0) is 9.59 Å². The van der Waals surface area contributed by atoms with Crippen molar-refractivity contribution in [3.63, 3.8) is 0 Å². The number of anilines is 2.